The van der Waals surface area contributed by atoms with Gasteiger partial charge in [0.25, 0.3) is 0 Å². The Morgan fingerprint density at radius 2 is 2.64 bits per heavy atom. The normalized spacial score (nSPS) is 20.2. The van der Waals surface area contributed by atoms with E-state index in [4.69, 9.17) is 4.74 Å². The van der Waals surface area contributed by atoms with Crippen LogP contribution in [0.15, 0.2) is 12.5 Å². The molecule has 0 aliphatic carbocycles. The van der Waals surface area contributed by atoms with Crippen LogP contribution in [0.1, 0.15) is 31.4 Å². The highest BCUT2D eigenvalue weighted by molar-refractivity contribution is 5.77. The maximum atomic E-state index is 11.6. The number of nitrogens with zero attached hydrogens (tertiary/aromatic N) is 2. The molecule has 76 valence electrons. The Labute approximate surface area is 82.9 Å². The van der Waals surface area contributed by atoms with E-state index in [1.54, 1.807) is 12.5 Å². The maximum Gasteiger partial charge on any atom is 0.314 e. The molecule has 2 rings (SSSR count). The van der Waals surface area contributed by atoms with Crippen molar-refractivity contribution >= 4 is 5.97 Å². The average Bonchev–Trinajstić information content (AvgIpc) is 2.65. The van der Waals surface area contributed by atoms with Crippen molar-refractivity contribution in [3.05, 3.63) is 18.2 Å². The minimum atomic E-state index is -0.117. The minimum Gasteiger partial charge on any atom is -0.465 e. The number of ether oxygens (including phenoxy) is 1. The quantitative estimate of drug-likeness (QED) is 0.667. The Hall–Kier alpha value is -1.32. The number of rotatable bonds is 2. The molecule has 1 unspecified atom stereocenters. The summed E-state index contributed by atoms with van der Waals surface area (Å²) in [6, 6.07) is 0. The number of aromatic nitrogens is 2. The largest absolute Gasteiger partial charge is 0.465 e. The monoisotopic (exact) mass is 194 g/mol. The number of carbonyl (C=O) groups excluding carboxylic acids is 1. The fraction of sp³-hybridized carbons (Fsp3) is 0.600. The Kier molecular flexibility index (Phi) is 2.52. The highest BCUT2D eigenvalue weighted by Crippen LogP contribution is 2.27. The molecule has 0 aromatic carbocycles. The molecule has 1 aromatic heterocycles. The van der Waals surface area contributed by atoms with Crippen molar-refractivity contribution in [2.75, 3.05) is 6.61 Å². The molecule has 2 heterocycles. The first-order chi connectivity index (χ1) is 6.83. The molecular weight excluding hydrogens is 180 g/mol. The standard InChI is InChI=1S/C10H14N2O2/c1-2-14-10(13)8-4-3-5-12-7-11-6-9(8)12/h6-8H,2-5H2,1H3. The molecule has 4 nitrogen and oxygen atoms in total. The second-order valence-electron chi connectivity index (χ2n) is 3.46. The van der Waals surface area contributed by atoms with E-state index in [0.717, 1.165) is 25.1 Å². The van der Waals surface area contributed by atoms with Crippen molar-refractivity contribution in [1.29, 1.82) is 0 Å². The number of aryl methyl sites for hydroxylation is 1. The van der Waals surface area contributed by atoms with Gasteiger partial charge in [-0.1, -0.05) is 0 Å². The second kappa shape index (κ2) is 3.82. The number of hydrogen-bond donors (Lipinski definition) is 0. The van der Waals surface area contributed by atoms with Crippen LogP contribution < -0.4 is 0 Å². The van der Waals surface area contributed by atoms with Gasteiger partial charge in [-0.2, -0.15) is 0 Å². The molecule has 0 radical (unpaired) electrons. The van der Waals surface area contributed by atoms with E-state index in [9.17, 15) is 4.79 Å². The van der Waals surface area contributed by atoms with Crippen molar-refractivity contribution in [2.45, 2.75) is 32.2 Å². The van der Waals surface area contributed by atoms with Gasteiger partial charge in [-0.25, -0.2) is 4.98 Å². The third-order valence-corrected chi connectivity index (χ3v) is 2.56. The van der Waals surface area contributed by atoms with Gasteiger partial charge in [-0.3, -0.25) is 4.79 Å². The van der Waals surface area contributed by atoms with Crippen molar-refractivity contribution < 1.29 is 9.53 Å². The van der Waals surface area contributed by atoms with Crippen LogP contribution in [0.2, 0.25) is 0 Å². The van der Waals surface area contributed by atoms with Crippen LogP contribution in [0.4, 0.5) is 0 Å². The summed E-state index contributed by atoms with van der Waals surface area (Å²) < 4.78 is 7.06. The predicted molar refractivity (Wildman–Crippen MR) is 50.8 cm³/mol. The van der Waals surface area contributed by atoms with Crippen LogP contribution in [0.3, 0.4) is 0 Å². The molecule has 0 spiro atoms. The summed E-state index contributed by atoms with van der Waals surface area (Å²) in [5, 5.41) is 0. The van der Waals surface area contributed by atoms with Crippen molar-refractivity contribution in [3.8, 4) is 0 Å². The molecule has 0 N–H and O–H groups in total. The first kappa shape index (κ1) is 9.24. The lowest BCUT2D eigenvalue weighted by Gasteiger charge is -2.22. The van der Waals surface area contributed by atoms with Crippen LogP contribution in [0.25, 0.3) is 0 Å². The van der Waals surface area contributed by atoms with Crippen molar-refractivity contribution in [2.24, 2.45) is 0 Å². The predicted octanol–water partition coefficient (Wildman–Crippen LogP) is 1.32. The lowest BCUT2D eigenvalue weighted by atomic mass is 9.97. The summed E-state index contributed by atoms with van der Waals surface area (Å²) >= 11 is 0. The summed E-state index contributed by atoms with van der Waals surface area (Å²) in [4.78, 5) is 15.6. The number of hydrogen-bond acceptors (Lipinski definition) is 3. The van der Waals surface area contributed by atoms with Gasteiger partial charge in [0.1, 0.15) is 0 Å². The van der Waals surface area contributed by atoms with E-state index in [0.29, 0.717) is 6.61 Å². The smallest absolute Gasteiger partial charge is 0.314 e. The van der Waals surface area contributed by atoms with E-state index in [2.05, 4.69) is 4.98 Å². The number of fused-ring (bicyclic) bond motifs is 1. The lowest BCUT2D eigenvalue weighted by Crippen LogP contribution is -2.23. The van der Waals surface area contributed by atoms with Gasteiger partial charge in [0.2, 0.25) is 0 Å². The minimum absolute atomic E-state index is 0.105. The first-order valence-corrected chi connectivity index (χ1v) is 4.99. The molecule has 1 aliphatic heterocycles. The zero-order valence-corrected chi connectivity index (χ0v) is 8.27. The van der Waals surface area contributed by atoms with E-state index in [-0.39, 0.29) is 11.9 Å². The Bertz CT molecular complexity index is 333. The Morgan fingerprint density at radius 1 is 1.79 bits per heavy atom. The molecule has 1 atom stereocenters. The van der Waals surface area contributed by atoms with Crippen LogP contribution in [-0.2, 0) is 16.1 Å². The molecule has 4 heteroatoms. The SMILES string of the molecule is CCOC(=O)C1CCCn2cncc21. The van der Waals surface area contributed by atoms with Gasteiger partial charge in [-0.05, 0) is 19.8 Å². The van der Waals surface area contributed by atoms with Gasteiger partial charge < -0.3 is 9.30 Å². The van der Waals surface area contributed by atoms with Crippen LogP contribution in [-0.4, -0.2) is 22.1 Å². The van der Waals surface area contributed by atoms with Gasteiger partial charge in [0.05, 0.1) is 24.5 Å². The first-order valence-electron chi connectivity index (χ1n) is 4.99. The third kappa shape index (κ3) is 1.52. The summed E-state index contributed by atoms with van der Waals surface area (Å²) in [7, 11) is 0. The van der Waals surface area contributed by atoms with E-state index in [1.807, 2.05) is 11.5 Å². The lowest BCUT2D eigenvalue weighted by molar-refractivity contribution is -0.145. The van der Waals surface area contributed by atoms with Gasteiger partial charge in [-0.15, -0.1) is 0 Å². The highest BCUT2D eigenvalue weighted by Gasteiger charge is 2.27. The molecule has 0 bridgehead atoms. The van der Waals surface area contributed by atoms with Gasteiger partial charge in [0.15, 0.2) is 0 Å². The van der Waals surface area contributed by atoms with Crippen LogP contribution in [0.5, 0.6) is 0 Å². The topological polar surface area (TPSA) is 44.1 Å². The van der Waals surface area contributed by atoms with Crippen molar-refractivity contribution in [3.63, 3.8) is 0 Å². The third-order valence-electron chi connectivity index (χ3n) is 2.56. The molecule has 1 aromatic rings. The molecule has 1 aliphatic rings. The van der Waals surface area contributed by atoms with E-state index < -0.39 is 0 Å². The Morgan fingerprint density at radius 3 is 3.43 bits per heavy atom. The summed E-state index contributed by atoms with van der Waals surface area (Å²) in [5.41, 5.74) is 0.995. The van der Waals surface area contributed by atoms with E-state index >= 15 is 0 Å². The van der Waals surface area contributed by atoms with Gasteiger partial charge in [0, 0.05) is 12.7 Å². The highest BCUT2D eigenvalue weighted by atomic mass is 16.5. The molecular formula is C10H14N2O2. The summed E-state index contributed by atoms with van der Waals surface area (Å²) in [6.45, 7) is 3.24. The zero-order valence-electron chi connectivity index (χ0n) is 8.27. The van der Waals surface area contributed by atoms with Crippen LogP contribution in [0, 0.1) is 0 Å². The molecule has 14 heavy (non-hydrogen) atoms. The number of carbonyl (C=O) groups is 1. The fourth-order valence-corrected chi connectivity index (χ4v) is 1.90. The van der Waals surface area contributed by atoms with Crippen molar-refractivity contribution in [1.82, 2.24) is 9.55 Å². The zero-order chi connectivity index (χ0) is 9.97. The second-order valence-corrected chi connectivity index (χ2v) is 3.46. The summed E-state index contributed by atoms with van der Waals surface area (Å²) in [6.07, 6.45) is 5.44. The summed E-state index contributed by atoms with van der Waals surface area (Å²) in [5.74, 6) is -0.222. The Balaban J connectivity index is 2.19. The number of esters is 1. The molecule has 0 saturated heterocycles. The van der Waals surface area contributed by atoms with Crippen LogP contribution >= 0.6 is 0 Å². The maximum absolute atomic E-state index is 11.6. The fourth-order valence-electron chi connectivity index (χ4n) is 1.90. The molecule has 0 saturated carbocycles. The number of imidazole rings is 1. The van der Waals surface area contributed by atoms with Gasteiger partial charge >= 0.3 is 5.97 Å². The average molecular weight is 194 g/mol. The molecule has 0 fully saturated rings. The van der Waals surface area contributed by atoms with E-state index in [1.165, 1.54) is 0 Å². The molecule has 0 amide bonds.